The first-order chi connectivity index (χ1) is 14.8. The van der Waals surface area contributed by atoms with Gasteiger partial charge >= 0.3 is 0 Å². The molecule has 6 atom stereocenters. The Morgan fingerprint density at radius 1 is 1.16 bits per heavy atom. The number of hydrogen-bond acceptors (Lipinski definition) is 4. The molecule has 31 heavy (non-hydrogen) atoms. The molecule has 2 saturated heterocycles. The van der Waals surface area contributed by atoms with Gasteiger partial charge in [0.2, 0.25) is 0 Å². The minimum absolute atomic E-state index is 0.209. The fourth-order valence-electron chi connectivity index (χ4n) is 7.47. The second-order valence-electron chi connectivity index (χ2n) is 10.9. The molecule has 4 aliphatic rings. The highest BCUT2D eigenvalue weighted by Gasteiger charge is 2.68. The molecule has 0 spiro atoms. The van der Waals surface area contributed by atoms with E-state index in [1.807, 2.05) is 0 Å². The zero-order chi connectivity index (χ0) is 22.4. The van der Waals surface area contributed by atoms with Crippen LogP contribution in [0.4, 0.5) is 0 Å². The van der Waals surface area contributed by atoms with Crippen molar-refractivity contribution in [3.8, 4) is 0 Å². The fourth-order valence-corrected chi connectivity index (χ4v) is 12.4. The number of halogens is 1. The summed E-state index contributed by atoms with van der Waals surface area (Å²) in [7, 11) is -0.220. The second-order valence-corrected chi connectivity index (χ2v) is 16.6. The molecule has 178 valence electrons. The summed E-state index contributed by atoms with van der Waals surface area (Å²) in [6.07, 6.45) is 8.08. The Bertz CT molecular complexity index is 660. The summed E-state index contributed by atoms with van der Waals surface area (Å²) in [6, 6.07) is 2.24. The van der Waals surface area contributed by atoms with E-state index in [4.69, 9.17) is 25.2 Å². The Kier molecular flexibility index (Phi) is 7.38. The molecule has 2 saturated carbocycles. The van der Waals surface area contributed by atoms with E-state index in [0.717, 1.165) is 24.9 Å². The topological polar surface area (TPSA) is 36.9 Å². The van der Waals surface area contributed by atoms with Crippen molar-refractivity contribution in [1.82, 2.24) is 0 Å². The summed E-state index contributed by atoms with van der Waals surface area (Å²) in [4.78, 5) is 0. The zero-order valence-corrected chi connectivity index (χ0v) is 23.4. The summed E-state index contributed by atoms with van der Waals surface area (Å²) >= 11 is 2.63. The van der Waals surface area contributed by atoms with Gasteiger partial charge in [0.15, 0.2) is 20.9 Å². The smallest absolute Gasteiger partial charge is 0.195 e. The Morgan fingerprint density at radius 3 is 2.39 bits per heavy atom. The van der Waals surface area contributed by atoms with Crippen LogP contribution >= 0.6 is 22.6 Å². The molecule has 0 radical (unpaired) electrons. The van der Waals surface area contributed by atoms with E-state index in [2.05, 4.69) is 50.3 Å². The molecule has 2 aliphatic carbocycles. The first-order valence-corrected chi connectivity index (χ1v) is 16.5. The number of rotatable bonds is 8. The van der Waals surface area contributed by atoms with Gasteiger partial charge in [-0.3, -0.25) is 0 Å². The molecular formula is C25H43IO4Si. The van der Waals surface area contributed by atoms with E-state index in [-0.39, 0.29) is 18.7 Å². The minimum Gasteiger partial charge on any atom is -0.405 e. The third-order valence-electron chi connectivity index (χ3n) is 9.42. The van der Waals surface area contributed by atoms with Gasteiger partial charge in [-0.15, -0.1) is 0 Å². The summed E-state index contributed by atoms with van der Waals surface area (Å²) in [6.45, 7) is 14.1. The average Bonchev–Trinajstić information content (AvgIpc) is 3.29. The fraction of sp³-hybridized carbons (Fsp3) is 0.920. The lowest BCUT2D eigenvalue weighted by atomic mass is 9.64. The predicted octanol–water partition coefficient (Wildman–Crippen LogP) is 6.83. The molecule has 0 amide bonds. The van der Waals surface area contributed by atoms with Crippen LogP contribution in [-0.4, -0.2) is 44.1 Å². The van der Waals surface area contributed by atoms with E-state index in [1.165, 1.54) is 42.1 Å². The highest BCUT2D eigenvalue weighted by atomic mass is 127. The molecule has 0 aromatic rings. The normalized spacial score (nSPS) is 39.8. The number of methoxy groups -OCH3 is 1. The van der Waals surface area contributed by atoms with E-state index >= 15 is 0 Å². The molecule has 1 unspecified atom stereocenters. The van der Waals surface area contributed by atoms with Crippen molar-refractivity contribution >= 4 is 30.9 Å². The van der Waals surface area contributed by atoms with Crippen LogP contribution in [0.5, 0.6) is 0 Å². The largest absolute Gasteiger partial charge is 0.405 e. The van der Waals surface area contributed by atoms with Gasteiger partial charge < -0.3 is 18.6 Å². The van der Waals surface area contributed by atoms with Gasteiger partial charge in [-0.2, -0.15) is 0 Å². The maximum absolute atomic E-state index is 7.43. The molecule has 0 aromatic carbocycles. The van der Waals surface area contributed by atoms with Gasteiger partial charge in [-0.25, -0.2) is 0 Å². The Morgan fingerprint density at radius 2 is 1.84 bits per heavy atom. The minimum atomic E-state index is -1.96. The Hall–Kier alpha value is 0.527. The lowest BCUT2D eigenvalue weighted by Gasteiger charge is -2.49. The van der Waals surface area contributed by atoms with Crippen molar-refractivity contribution in [1.29, 1.82) is 0 Å². The Balaban J connectivity index is 1.72. The predicted molar refractivity (Wildman–Crippen MR) is 136 cm³/mol. The molecule has 4 fully saturated rings. The Labute approximate surface area is 204 Å². The average molecular weight is 563 g/mol. The van der Waals surface area contributed by atoms with Gasteiger partial charge in [0.05, 0.1) is 6.10 Å². The third kappa shape index (κ3) is 3.83. The first kappa shape index (κ1) is 24.6. The van der Waals surface area contributed by atoms with Crippen molar-refractivity contribution < 1.29 is 18.6 Å². The molecule has 2 heterocycles. The molecular weight excluding hydrogens is 519 g/mol. The molecule has 2 aliphatic heterocycles. The van der Waals surface area contributed by atoms with E-state index in [0.29, 0.717) is 22.8 Å². The molecule has 2 bridgehead atoms. The van der Waals surface area contributed by atoms with Crippen LogP contribution < -0.4 is 0 Å². The van der Waals surface area contributed by atoms with Gasteiger partial charge in [-0.1, -0.05) is 81.7 Å². The summed E-state index contributed by atoms with van der Waals surface area (Å²) in [5, 5.41) is 0. The number of alkyl halides is 1. The standard InChI is InChI=1S/C25H43IO4Si/c1-7-31(8-2,17(3)4)30-25-15-21(27-6)29-23(25)28-20-14-19(25)18(5)22(20)24(16-26)12-10-9-11-13-24/h17,19-23H,5,7-16H2,1-4,6H3/t19-,20+,21+,22?,23-,25+/m1/s1. The van der Waals surface area contributed by atoms with Crippen molar-refractivity contribution in [2.24, 2.45) is 17.3 Å². The lowest BCUT2D eigenvalue weighted by molar-refractivity contribution is -0.269. The number of ether oxygens (including phenoxy) is 3. The number of fused-ring (bicyclic) bond motifs is 4. The maximum Gasteiger partial charge on any atom is 0.195 e. The van der Waals surface area contributed by atoms with Crippen LogP contribution in [0.15, 0.2) is 12.2 Å². The summed E-state index contributed by atoms with van der Waals surface area (Å²) in [5.41, 5.74) is 1.84. The first-order valence-electron chi connectivity index (χ1n) is 12.6. The van der Waals surface area contributed by atoms with Crippen molar-refractivity contribution in [2.75, 3.05) is 11.5 Å². The van der Waals surface area contributed by atoms with Crippen LogP contribution in [0.1, 0.15) is 72.6 Å². The third-order valence-corrected chi connectivity index (χ3v) is 16.2. The summed E-state index contributed by atoms with van der Waals surface area (Å²) in [5.74, 6) is 0.746. The van der Waals surface area contributed by atoms with Gasteiger partial charge in [0, 0.05) is 29.8 Å². The van der Waals surface area contributed by atoms with Crippen molar-refractivity contribution in [3.63, 3.8) is 0 Å². The highest BCUT2D eigenvalue weighted by Crippen LogP contribution is 2.63. The highest BCUT2D eigenvalue weighted by molar-refractivity contribution is 14.1. The van der Waals surface area contributed by atoms with E-state index in [1.54, 1.807) is 7.11 Å². The zero-order valence-electron chi connectivity index (χ0n) is 20.3. The van der Waals surface area contributed by atoms with E-state index < -0.39 is 13.9 Å². The van der Waals surface area contributed by atoms with Gasteiger partial charge in [-0.05, 0) is 42.3 Å². The molecule has 0 aromatic heterocycles. The maximum atomic E-state index is 7.43. The SMILES string of the molecule is C=C1C(C2(CI)CCCCC2)[C@@H]2C[C@H]1[C@@]1(O[Si](CC)(CC)C(C)C)C[C@@H](OC)O[C@H]1O2. The van der Waals surface area contributed by atoms with Crippen LogP contribution in [0.3, 0.4) is 0 Å². The quantitative estimate of drug-likeness (QED) is 0.141. The monoisotopic (exact) mass is 562 g/mol. The number of hydrogen-bond donors (Lipinski definition) is 0. The van der Waals surface area contributed by atoms with Crippen LogP contribution in [0.25, 0.3) is 0 Å². The van der Waals surface area contributed by atoms with Crippen LogP contribution in [0.2, 0.25) is 17.6 Å². The van der Waals surface area contributed by atoms with Crippen molar-refractivity contribution in [2.45, 2.75) is 115 Å². The van der Waals surface area contributed by atoms with Gasteiger partial charge in [0.1, 0.15) is 5.60 Å². The van der Waals surface area contributed by atoms with Crippen LogP contribution in [-0.2, 0) is 18.6 Å². The van der Waals surface area contributed by atoms with Crippen LogP contribution in [0, 0.1) is 17.3 Å². The molecule has 6 heteroatoms. The van der Waals surface area contributed by atoms with E-state index in [9.17, 15) is 0 Å². The summed E-state index contributed by atoms with van der Waals surface area (Å²) < 4.78 is 27.5. The molecule has 4 nitrogen and oxygen atoms in total. The molecule has 0 N–H and O–H groups in total. The second kappa shape index (κ2) is 9.29. The van der Waals surface area contributed by atoms with Crippen molar-refractivity contribution in [3.05, 3.63) is 12.2 Å². The van der Waals surface area contributed by atoms with Gasteiger partial charge in [0.25, 0.3) is 0 Å². The molecule has 4 rings (SSSR count). The lowest BCUT2D eigenvalue weighted by Crippen LogP contribution is -2.59.